The van der Waals surface area contributed by atoms with Crippen LogP contribution in [0.4, 0.5) is 10.5 Å². The Labute approximate surface area is 196 Å². The summed E-state index contributed by atoms with van der Waals surface area (Å²) in [4.78, 5) is 19.6. The second-order valence-corrected chi connectivity index (χ2v) is 8.34. The van der Waals surface area contributed by atoms with Gasteiger partial charge in [0.25, 0.3) is 5.89 Å². The van der Waals surface area contributed by atoms with E-state index in [9.17, 15) is 4.79 Å². The first-order valence-corrected chi connectivity index (χ1v) is 10.9. The second kappa shape index (κ2) is 8.56. The van der Waals surface area contributed by atoms with Gasteiger partial charge in [-0.25, -0.2) is 4.79 Å². The molecule has 164 valence electrons. The van der Waals surface area contributed by atoms with E-state index in [1.165, 1.54) is 0 Å². The fourth-order valence-electron chi connectivity index (χ4n) is 4.07. The van der Waals surface area contributed by atoms with E-state index in [4.69, 9.17) is 16.1 Å². The highest BCUT2D eigenvalue weighted by atomic mass is 35.5. The van der Waals surface area contributed by atoms with Gasteiger partial charge in [-0.3, -0.25) is 4.90 Å². The number of amides is 2. The van der Waals surface area contributed by atoms with Gasteiger partial charge < -0.3 is 9.84 Å². The monoisotopic (exact) mass is 456 g/mol. The van der Waals surface area contributed by atoms with Crippen molar-refractivity contribution < 1.29 is 9.32 Å². The first kappa shape index (κ1) is 21.0. The zero-order valence-corrected chi connectivity index (χ0v) is 18.9. The Morgan fingerprint density at radius 3 is 2.52 bits per heavy atom. The van der Waals surface area contributed by atoms with Gasteiger partial charge in [-0.2, -0.15) is 4.98 Å². The molecule has 1 aliphatic rings. The van der Waals surface area contributed by atoms with E-state index in [0.717, 1.165) is 22.4 Å². The van der Waals surface area contributed by atoms with Crippen molar-refractivity contribution in [3.63, 3.8) is 0 Å². The second-order valence-electron chi connectivity index (χ2n) is 7.90. The lowest BCUT2D eigenvalue weighted by atomic mass is 9.94. The summed E-state index contributed by atoms with van der Waals surface area (Å²) in [6.45, 7) is 3.88. The van der Waals surface area contributed by atoms with E-state index in [-0.39, 0.29) is 6.03 Å². The van der Waals surface area contributed by atoms with Crippen LogP contribution in [0.25, 0.3) is 17.0 Å². The summed E-state index contributed by atoms with van der Waals surface area (Å²) in [7, 11) is 0. The van der Waals surface area contributed by atoms with Crippen LogP contribution in [-0.2, 0) is 0 Å². The normalized spacial score (nSPS) is 16.2. The summed E-state index contributed by atoms with van der Waals surface area (Å²) in [6.07, 6.45) is 0. The maximum absolute atomic E-state index is 13.3. The smallest absolute Gasteiger partial charge is 0.326 e. The molecule has 0 saturated carbocycles. The number of hydrogen-bond donors (Lipinski definition) is 1. The van der Waals surface area contributed by atoms with Gasteiger partial charge in [0, 0.05) is 16.3 Å². The van der Waals surface area contributed by atoms with Gasteiger partial charge in [0.05, 0.1) is 17.3 Å². The predicted molar refractivity (Wildman–Crippen MR) is 129 cm³/mol. The first-order valence-electron chi connectivity index (χ1n) is 10.5. The number of rotatable bonds is 4. The summed E-state index contributed by atoms with van der Waals surface area (Å²) in [6, 6.07) is 24.1. The number of benzene rings is 3. The van der Waals surface area contributed by atoms with Gasteiger partial charge in [-0.15, -0.1) is 0 Å². The lowest BCUT2D eigenvalue weighted by Gasteiger charge is -2.35. The van der Waals surface area contributed by atoms with Crippen LogP contribution in [0, 0.1) is 6.92 Å². The molecule has 4 aromatic rings. The largest absolute Gasteiger partial charge is 0.334 e. The highest BCUT2D eigenvalue weighted by molar-refractivity contribution is 6.30. The molecule has 6 nitrogen and oxygen atoms in total. The summed E-state index contributed by atoms with van der Waals surface area (Å²) >= 11 is 6.27. The lowest BCUT2D eigenvalue weighted by Crippen LogP contribution is -2.46. The van der Waals surface area contributed by atoms with E-state index < -0.39 is 6.04 Å². The van der Waals surface area contributed by atoms with E-state index in [2.05, 4.69) is 15.5 Å². The molecule has 33 heavy (non-hydrogen) atoms. The van der Waals surface area contributed by atoms with Gasteiger partial charge in [-0.1, -0.05) is 71.4 Å². The number of carbonyl (C=O) groups excluding carboxylic acids is 1. The molecule has 2 heterocycles. The third-order valence-corrected chi connectivity index (χ3v) is 5.85. The first-order chi connectivity index (χ1) is 16.0. The number of carbonyl (C=O) groups is 1. The quantitative estimate of drug-likeness (QED) is 0.385. The molecular weight excluding hydrogens is 436 g/mol. The van der Waals surface area contributed by atoms with Crippen LogP contribution in [0.5, 0.6) is 0 Å². The van der Waals surface area contributed by atoms with Crippen molar-refractivity contribution in [2.24, 2.45) is 0 Å². The minimum Gasteiger partial charge on any atom is -0.334 e. The van der Waals surface area contributed by atoms with Crippen LogP contribution in [0.2, 0.25) is 5.02 Å². The van der Waals surface area contributed by atoms with Gasteiger partial charge in [-0.05, 0) is 49.2 Å². The Kier molecular flexibility index (Phi) is 5.44. The number of nitrogens with zero attached hydrogens (tertiary/aromatic N) is 3. The Balaban J connectivity index is 1.67. The third-order valence-electron chi connectivity index (χ3n) is 5.62. The lowest BCUT2D eigenvalue weighted by molar-refractivity contribution is 0.244. The molecule has 1 atom stereocenters. The Morgan fingerprint density at radius 1 is 0.970 bits per heavy atom. The Morgan fingerprint density at radius 2 is 1.76 bits per heavy atom. The van der Waals surface area contributed by atoms with Crippen LogP contribution >= 0.6 is 11.6 Å². The molecule has 0 fully saturated rings. The van der Waals surface area contributed by atoms with Crippen molar-refractivity contribution in [3.05, 3.63) is 107 Å². The maximum atomic E-state index is 13.3. The number of anilines is 1. The van der Waals surface area contributed by atoms with E-state index in [1.54, 1.807) is 11.0 Å². The SMILES string of the molecule is CC1=C(c2nc(-c3ccccc3)no2)C(c2cccc(Cl)c2)NC(=O)N1c1cccc(C)c1. The molecule has 5 rings (SSSR count). The molecule has 1 aromatic heterocycles. The topological polar surface area (TPSA) is 71.3 Å². The van der Waals surface area contributed by atoms with Crippen molar-refractivity contribution in [1.82, 2.24) is 15.5 Å². The van der Waals surface area contributed by atoms with Gasteiger partial charge in [0.1, 0.15) is 0 Å². The zero-order chi connectivity index (χ0) is 22.9. The highest BCUT2D eigenvalue weighted by Crippen LogP contribution is 2.39. The third kappa shape index (κ3) is 4.01. The van der Waals surface area contributed by atoms with Crippen LogP contribution in [0.3, 0.4) is 0 Å². The molecule has 0 saturated heterocycles. The molecule has 0 spiro atoms. The molecule has 0 aliphatic carbocycles. The number of nitrogens with one attached hydrogen (secondary N) is 1. The molecule has 0 bridgehead atoms. The molecule has 1 aliphatic heterocycles. The van der Waals surface area contributed by atoms with Crippen LogP contribution in [-0.4, -0.2) is 16.2 Å². The molecule has 2 amide bonds. The average Bonchev–Trinajstić information content (AvgIpc) is 3.29. The molecule has 3 aromatic carbocycles. The van der Waals surface area contributed by atoms with Crippen molar-refractivity contribution in [2.45, 2.75) is 19.9 Å². The van der Waals surface area contributed by atoms with Gasteiger partial charge >= 0.3 is 6.03 Å². The van der Waals surface area contributed by atoms with Crippen molar-refractivity contribution >= 4 is 28.9 Å². The van der Waals surface area contributed by atoms with E-state index in [1.807, 2.05) is 86.6 Å². The van der Waals surface area contributed by atoms with Crippen molar-refractivity contribution in [2.75, 3.05) is 4.90 Å². The minimum absolute atomic E-state index is 0.241. The summed E-state index contributed by atoms with van der Waals surface area (Å²) < 4.78 is 5.72. The molecule has 0 radical (unpaired) electrons. The molecule has 1 N–H and O–H groups in total. The number of allylic oxidation sites excluding steroid dienone is 1. The fraction of sp³-hybridized carbons (Fsp3) is 0.115. The minimum atomic E-state index is -0.499. The predicted octanol–water partition coefficient (Wildman–Crippen LogP) is 6.40. The standard InChI is InChI=1S/C26H21ClN4O2/c1-16-8-6-13-21(14-16)31-17(2)22(23(28-26(31)32)19-11-7-12-20(27)15-19)25-29-24(30-33-25)18-9-4-3-5-10-18/h3-15,23H,1-2H3,(H,28,32). The summed E-state index contributed by atoms with van der Waals surface area (Å²) in [5, 5.41) is 7.87. The fourth-order valence-corrected chi connectivity index (χ4v) is 4.27. The number of hydrogen-bond acceptors (Lipinski definition) is 4. The molecule has 7 heteroatoms. The Bertz CT molecular complexity index is 1360. The van der Waals surface area contributed by atoms with E-state index >= 15 is 0 Å². The van der Waals surface area contributed by atoms with Crippen LogP contribution in [0.15, 0.2) is 89.1 Å². The number of aromatic nitrogens is 2. The Hall–Kier alpha value is -3.90. The van der Waals surface area contributed by atoms with Gasteiger partial charge in [0.15, 0.2) is 0 Å². The van der Waals surface area contributed by atoms with Crippen molar-refractivity contribution in [3.8, 4) is 11.4 Å². The summed E-state index contributed by atoms with van der Waals surface area (Å²) in [5.74, 6) is 0.823. The van der Waals surface area contributed by atoms with Crippen LogP contribution in [0.1, 0.15) is 30.0 Å². The highest BCUT2D eigenvalue weighted by Gasteiger charge is 2.36. The van der Waals surface area contributed by atoms with Crippen molar-refractivity contribution in [1.29, 1.82) is 0 Å². The number of halogens is 1. The molecular formula is C26H21ClN4O2. The number of aryl methyl sites for hydroxylation is 1. The molecule has 1 unspecified atom stereocenters. The maximum Gasteiger partial charge on any atom is 0.326 e. The average molecular weight is 457 g/mol. The zero-order valence-electron chi connectivity index (χ0n) is 18.1. The van der Waals surface area contributed by atoms with E-state index in [0.29, 0.717) is 28.0 Å². The number of urea groups is 1. The van der Waals surface area contributed by atoms with Crippen LogP contribution < -0.4 is 10.2 Å². The summed E-state index contributed by atoms with van der Waals surface area (Å²) in [5.41, 5.74) is 4.91. The van der Waals surface area contributed by atoms with Gasteiger partial charge in [0.2, 0.25) is 5.82 Å².